The molecule has 4 N–H and O–H groups in total. The first-order chi connectivity index (χ1) is 8.13. The highest BCUT2D eigenvalue weighted by molar-refractivity contribution is 7.80. The third-order valence-electron chi connectivity index (χ3n) is 1.43. The number of hydrogen-bond donors (Lipinski definition) is 4. The maximum absolute atomic E-state index is 4.95. The predicted octanol–water partition coefficient (Wildman–Crippen LogP) is -0.838. The molecule has 0 saturated carbocycles. The molecule has 0 bridgehead atoms. The SMILES string of the molecule is CNC(=S)NN=CC(COC)=NNC(=S)NC. The van der Waals surface area contributed by atoms with E-state index in [1.807, 2.05) is 0 Å². The van der Waals surface area contributed by atoms with Crippen LogP contribution in [0.3, 0.4) is 0 Å². The lowest BCUT2D eigenvalue weighted by atomic mass is 10.4. The minimum Gasteiger partial charge on any atom is -0.378 e. The number of methoxy groups -OCH3 is 1. The zero-order valence-corrected chi connectivity index (χ0v) is 11.5. The first kappa shape index (κ1) is 15.7. The van der Waals surface area contributed by atoms with Gasteiger partial charge in [-0.3, -0.25) is 10.9 Å². The Balaban J connectivity index is 4.31. The third kappa shape index (κ3) is 8.48. The highest BCUT2D eigenvalue weighted by Gasteiger charge is 1.96. The van der Waals surface area contributed by atoms with Crippen LogP contribution in [0.1, 0.15) is 0 Å². The molecule has 0 radical (unpaired) electrons. The van der Waals surface area contributed by atoms with Crippen LogP contribution in [0.15, 0.2) is 10.2 Å². The smallest absolute Gasteiger partial charge is 0.186 e. The fourth-order valence-electron chi connectivity index (χ4n) is 0.646. The summed E-state index contributed by atoms with van der Waals surface area (Å²) in [5.41, 5.74) is 5.80. The zero-order valence-electron chi connectivity index (χ0n) is 9.90. The lowest BCUT2D eigenvalue weighted by molar-refractivity contribution is 0.246. The van der Waals surface area contributed by atoms with Gasteiger partial charge in [-0.05, 0) is 24.4 Å². The molecular weight excluding hydrogens is 260 g/mol. The van der Waals surface area contributed by atoms with E-state index in [4.69, 9.17) is 29.2 Å². The molecule has 9 heteroatoms. The molecule has 0 fully saturated rings. The van der Waals surface area contributed by atoms with Gasteiger partial charge in [0.25, 0.3) is 0 Å². The molecule has 0 aliphatic heterocycles. The van der Waals surface area contributed by atoms with E-state index in [1.54, 1.807) is 21.2 Å². The predicted molar refractivity (Wildman–Crippen MR) is 77.4 cm³/mol. The van der Waals surface area contributed by atoms with Gasteiger partial charge in [0.05, 0.1) is 12.8 Å². The Morgan fingerprint density at radius 3 is 2.29 bits per heavy atom. The van der Waals surface area contributed by atoms with Crippen molar-refractivity contribution in [2.24, 2.45) is 10.2 Å². The van der Waals surface area contributed by atoms with Crippen molar-refractivity contribution in [1.29, 1.82) is 0 Å². The van der Waals surface area contributed by atoms with Crippen molar-refractivity contribution >= 4 is 46.6 Å². The molecule has 0 saturated heterocycles. The van der Waals surface area contributed by atoms with Crippen LogP contribution < -0.4 is 21.5 Å². The normalized spacial score (nSPS) is 11.1. The van der Waals surface area contributed by atoms with Gasteiger partial charge in [0.1, 0.15) is 5.71 Å². The lowest BCUT2D eigenvalue weighted by Gasteiger charge is -2.04. The van der Waals surface area contributed by atoms with E-state index < -0.39 is 0 Å². The summed E-state index contributed by atoms with van der Waals surface area (Å²) in [5, 5.41) is 14.1. The van der Waals surface area contributed by atoms with Crippen molar-refractivity contribution in [2.45, 2.75) is 0 Å². The molecular formula is C8H16N6OS2. The first-order valence-electron chi connectivity index (χ1n) is 4.68. The summed E-state index contributed by atoms with van der Waals surface area (Å²) >= 11 is 9.71. The lowest BCUT2D eigenvalue weighted by Crippen LogP contribution is -2.31. The maximum Gasteiger partial charge on any atom is 0.186 e. The minimum atomic E-state index is 0.302. The van der Waals surface area contributed by atoms with Crippen LogP contribution in [0.25, 0.3) is 0 Å². The van der Waals surface area contributed by atoms with E-state index in [-0.39, 0.29) is 0 Å². The van der Waals surface area contributed by atoms with E-state index in [9.17, 15) is 0 Å². The van der Waals surface area contributed by atoms with Crippen molar-refractivity contribution in [2.75, 3.05) is 27.8 Å². The second kappa shape index (κ2) is 9.87. The van der Waals surface area contributed by atoms with Crippen LogP contribution in [-0.4, -0.2) is 50.0 Å². The molecule has 0 aliphatic rings. The second-order valence-electron chi connectivity index (χ2n) is 2.68. The molecule has 0 rings (SSSR count). The Kier molecular flexibility index (Phi) is 9.11. The summed E-state index contributed by atoms with van der Waals surface area (Å²) in [7, 11) is 4.95. The fourth-order valence-corrected chi connectivity index (χ4v) is 0.744. The van der Waals surface area contributed by atoms with Crippen molar-refractivity contribution in [3.8, 4) is 0 Å². The number of nitrogens with zero attached hydrogens (tertiary/aromatic N) is 2. The Hall–Kier alpha value is -1.32. The van der Waals surface area contributed by atoms with Crippen LogP contribution in [0.5, 0.6) is 0 Å². The molecule has 0 spiro atoms. The van der Waals surface area contributed by atoms with E-state index in [0.29, 0.717) is 22.5 Å². The van der Waals surface area contributed by atoms with Gasteiger partial charge in [0.15, 0.2) is 10.2 Å². The van der Waals surface area contributed by atoms with Crippen LogP contribution in [0.2, 0.25) is 0 Å². The number of ether oxygens (including phenoxy) is 1. The van der Waals surface area contributed by atoms with Crippen molar-refractivity contribution in [3.05, 3.63) is 0 Å². The van der Waals surface area contributed by atoms with E-state index in [1.165, 1.54) is 6.21 Å². The Labute approximate surface area is 111 Å². The van der Waals surface area contributed by atoms with E-state index in [2.05, 4.69) is 31.7 Å². The molecule has 0 unspecified atom stereocenters. The fraction of sp³-hybridized carbons (Fsp3) is 0.500. The number of thiocarbonyl (C=S) groups is 2. The molecule has 96 valence electrons. The number of nitrogens with one attached hydrogen (secondary N) is 4. The second-order valence-corrected chi connectivity index (χ2v) is 3.49. The topological polar surface area (TPSA) is 82.1 Å². The van der Waals surface area contributed by atoms with Gasteiger partial charge in [0, 0.05) is 21.2 Å². The summed E-state index contributed by atoms with van der Waals surface area (Å²) in [5.74, 6) is 0. The molecule has 0 heterocycles. The van der Waals surface area contributed by atoms with Crippen molar-refractivity contribution < 1.29 is 4.74 Å². The van der Waals surface area contributed by atoms with Gasteiger partial charge in [-0.2, -0.15) is 10.2 Å². The van der Waals surface area contributed by atoms with Gasteiger partial charge in [-0.25, -0.2) is 0 Å². The summed E-state index contributed by atoms with van der Waals surface area (Å²) < 4.78 is 4.95. The summed E-state index contributed by atoms with van der Waals surface area (Å²) in [4.78, 5) is 0. The average Bonchev–Trinajstić information content (AvgIpc) is 2.35. The van der Waals surface area contributed by atoms with Crippen molar-refractivity contribution in [1.82, 2.24) is 21.5 Å². The molecule has 17 heavy (non-hydrogen) atoms. The molecule has 0 amide bonds. The maximum atomic E-state index is 4.95. The minimum absolute atomic E-state index is 0.302. The molecule has 0 atom stereocenters. The first-order valence-corrected chi connectivity index (χ1v) is 5.49. The highest BCUT2D eigenvalue weighted by Crippen LogP contribution is 1.77. The molecule has 0 aliphatic carbocycles. The Morgan fingerprint density at radius 2 is 1.76 bits per heavy atom. The van der Waals surface area contributed by atoms with Crippen LogP contribution in [-0.2, 0) is 4.74 Å². The van der Waals surface area contributed by atoms with Crippen LogP contribution >= 0.6 is 24.4 Å². The summed E-state index contributed by atoms with van der Waals surface area (Å²) in [6, 6.07) is 0. The number of rotatable bonds is 5. The van der Waals surface area contributed by atoms with Gasteiger partial charge in [0.2, 0.25) is 0 Å². The largest absolute Gasteiger partial charge is 0.378 e. The average molecular weight is 276 g/mol. The Morgan fingerprint density at radius 1 is 1.18 bits per heavy atom. The van der Waals surface area contributed by atoms with Gasteiger partial charge in [-0.1, -0.05) is 0 Å². The number of hydrogen-bond acceptors (Lipinski definition) is 5. The van der Waals surface area contributed by atoms with Crippen LogP contribution in [0, 0.1) is 0 Å². The molecule has 7 nitrogen and oxygen atoms in total. The van der Waals surface area contributed by atoms with E-state index >= 15 is 0 Å². The third-order valence-corrected chi connectivity index (χ3v) is 2.02. The van der Waals surface area contributed by atoms with Crippen molar-refractivity contribution in [3.63, 3.8) is 0 Å². The quantitative estimate of drug-likeness (QED) is 0.296. The molecule has 0 aromatic rings. The molecule has 0 aromatic heterocycles. The van der Waals surface area contributed by atoms with Gasteiger partial charge in [-0.15, -0.1) is 0 Å². The van der Waals surface area contributed by atoms with E-state index in [0.717, 1.165) is 0 Å². The molecule has 0 aromatic carbocycles. The number of hydrazone groups is 2. The standard InChI is InChI=1S/C8H16N6OS2/c1-9-7(16)13-11-4-6(5-15-3)12-14-8(17)10-2/h4H,5H2,1-3H3,(H2,9,13,16)(H2,10,14,17). The summed E-state index contributed by atoms with van der Waals surface area (Å²) in [6.45, 7) is 0.302. The zero-order chi connectivity index (χ0) is 13.1. The van der Waals surface area contributed by atoms with Crippen LogP contribution in [0.4, 0.5) is 0 Å². The monoisotopic (exact) mass is 276 g/mol. The summed E-state index contributed by atoms with van der Waals surface area (Å²) in [6.07, 6.45) is 1.48. The van der Waals surface area contributed by atoms with Gasteiger partial charge < -0.3 is 15.4 Å². The van der Waals surface area contributed by atoms with Gasteiger partial charge >= 0.3 is 0 Å². The highest BCUT2D eigenvalue weighted by atomic mass is 32.1. The Bertz CT molecular complexity index is 317.